The number of hydrogen-bond acceptors (Lipinski definition) is 4. The lowest BCUT2D eigenvalue weighted by Gasteiger charge is -2.11. The standard InChI is InChI=1S/C21H27N3O4/c1-14(2)12-24-20(16-5-6-16)18(11-23-24)21(27)22-10-9-15-3-7-17(8-4-15)28-13-19(25)26/h3-4,7-8,11,14,16H,5-6,9-10,12-13H2,1-2H3,(H,22,27)(H,25,26). The van der Waals surface area contributed by atoms with Crippen LogP contribution in [0.1, 0.15) is 54.2 Å². The number of aliphatic carboxylic acids is 1. The second kappa shape index (κ2) is 8.91. The third kappa shape index (κ3) is 5.34. The minimum Gasteiger partial charge on any atom is -0.482 e. The van der Waals surface area contributed by atoms with E-state index in [-0.39, 0.29) is 12.5 Å². The minimum absolute atomic E-state index is 0.0710. The Morgan fingerprint density at radius 3 is 2.61 bits per heavy atom. The minimum atomic E-state index is -1.01. The molecule has 1 aliphatic carbocycles. The summed E-state index contributed by atoms with van der Waals surface area (Å²) < 4.78 is 7.11. The summed E-state index contributed by atoms with van der Waals surface area (Å²) >= 11 is 0. The maximum Gasteiger partial charge on any atom is 0.341 e. The van der Waals surface area contributed by atoms with Crippen LogP contribution in [0.2, 0.25) is 0 Å². The molecule has 2 aromatic rings. The zero-order valence-electron chi connectivity index (χ0n) is 16.4. The maximum absolute atomic E-state index is 12.7. The molecule has 1 fully saturated rings. The van der Waals surface area contributed by atoms with Gasteiger partial charge >= 0.3 is 5.97 Å². The van der Waals surface area contributed by atoms with E-state index in [0.717, 1.165) is 30.6 Å². The first kappa shape index (κ1) is 19.9. The Morgan fingerprint density at radius 2 is 2.00 bits per heavy atom. The van der Waals surface area contributed by atoms with Crippen LogP contribution in [-0.2, 0) is 17.8 Å². The average Bonchev–Trinajstić information content (AvgIpc) is 3.41. The summed E-state index contributed by atoms with van der Waals surface area (Å²) in [4.78, 5) is 23.2. The van der Waals surface area contributed by atoms with E-state index >= 15 is 0 Å². The van der Waals surface area contributed by atoms with Crippen molar-refractivity contribution in [3.05, 3.63) is 47.3 Å². The monoisotopic (exact) mass is 385 g/mol. The van der Waals surface area contributed by atoms with Gasteiger partial charge < -0.3 is 15.2 Å². The average molecular weight is 385 g/mol. The number of carbonyl (C=O) groups is 2. The van der Waals surface area contributed by atoms with Gasteiger partial charge in [-0.1, -0.05) is 26.0 Å². The number of ether oxygens (including phenoxy) is 1. The highest BCUT2D eigenvalue weighted by atomic mass is 16.5. The molecule has 2 N–H and O–H groups in total. The second-order valence-electron chi connectivity index (χ2n) is 7.63. The van der Waals surface area contributed by atoms with Crippen molar-refractivity contribution in [3.8, 4) is 5.75 Å². The van der Waals surface area contributed by atoms with Crippen LogP contribution in [0.25, 0.3) is 0 Å². The lowest BCUT2D eigenvalue weighted by molar-refractivity contribution is -0.139. The van der Waals surface area contributed by atoms with Crippen LogP contribution in [0.15, 0.2) is 30.5 Å². The normalized spacial score (nSPS) is 13.5. The lowest BCUT2D eigenvalue weighted by Crippen LogP contribution is -2.26. The van der Waals surface area contributed by atoms with Gasteiger partial charge in [-0.2, -0.15) is 5.10 Å². The van der Waals surface area contributed by atoms with E-state index in [1.165, 1.54) is 0 Å². The molecule has 0 spiro atoms. The predicted octanol–water partition coefficient (Wildman–Crippen LogP) is 2.85. The SMILES string of the molecule is CC(C)Cn1ncc(C(=O)NCCc2ccc(OCC(=O)O)cc2)c1C1CC1. The zero-order valence-corrected chi connectivity index (χ0v) is 16.4. The first-order chi connectivity index (χ1) is 13.4. The van der Waals surface area contributed by atoms with Crippen LogP contribution in [0.5, 0.6) is 5.75 Å². The van der Waals surface area contributed by atoms with E-state index in [2.05, 4.69) is 24.3 Å². The molecule has 0 aliphatic heterocycles. The molecule has 0 bridgehead atoms. The summed E-state index contributed by atoms with van der Waals surface area (Å²) in [5.74, 6) is 0.380. The molecule has 150 valence electrons. The Kier molecular flexibility index (Phi) is 6.34. The van der Waals surface area contributed by atoms with E-state index in [1.807, 2.05) is 16.8 Å². The number of carboxylic acid groups (broad SMARTS) is 1. The molecule has 0 saturated heterocycles. The van der Waals surface area contributed by atoms with Crippen molar-refractivity contribution in [2.24, 2.45) is 5.92 Å². The first-order valence-electron chi connectivity index (χ1n) is 9.71. The van der Waals surface area contributed by atoms with Crippen LogP contribution in [0, 0.1) is 5.92 Å². The Labute approximate surface area is 164 Å². The fourth-order valence-corrected chi connectivity index (χ4v) is 3.16. The van der Waals surface area contributed by atoms with Crippen LogP contribution in [0.3, 0.4) is 0 Å². The van der Waals surface area contributed by atoms with E-state index in [0.29, 0.717) is 36.1 Å². The number of nitrogens with one attached hydrogen (secondary N) is 1. The Hall–Kier alpha value is -2.83. The Balaban J connectivity index is 1.53. The molecule has 1 aromatic heterocycles. The van der Waals surface area contributed by atoms with E-state index < -0.39 is 5.97 Å². The number of aromatic nitrogens is 2. The fraction of sp³-hybridized carbons (Fsp3) is 0.476. The number of carbonyl (C=O) groups excluding carboxylic acids is 1. The maximum atomic E-state index is 12.7. The summed E-state index contributed by atoms with van der Waals surface area (Å²) in [5.41, 5.74) is 2.81. The molecular formula is C21H27N3O4. The quantitative estimate of drug-likeness (QED) is 0.656. The summed E-state index contributed by atoms with van der Waals surface area (Å²) in [6.45, 7) is 5.29. The van der Waals surface area contributed by atoms with E-state index in [9.17, 15) is 9.59 Å². The third-order valence-corrected chi connectivity index (χ3v) is 4.61. The van der Waals surface area contributed by atoms with Crippen LogP contribution >= 0.6 is 0 Å². The third-order valence-electron chi connectivity index (χ3n) is 4.61. The molecule has 1 saturated carbocycles. The zero-order chi connectivity index (χ0) is 20.1. The number of nitrogens with zero attached hydrogens (tertiary/aromatic N) is 2. The van der Waals surface area contributed by atoms with Gasteiger partial charge in [-0.15, -0.1) is 0 Å². The van der Waals surface area contributed by atoms with Gasteiger partial charge in [0.2, 0.25) is 0 Å². The van der Waals surface area contributed by atoms with Crippen LogP contribution in [0.4, 0.5) is 0 Å². The highest BCUT2D eigenvalue weighted by molar-refractivity contribution is 5.95. The summed E-state index contributed by atoms with van der Waals surface area (Å²) in [7, 11) is 0. The number of rotatable bonds is 10. The van der Waals surface area contributed by atoms with Crippen molar-refractivity contribution in [1.29, 1.82) is 0 Å². The van der Waals surface area contributed by atoms with Gasteiger partial charge in [0.25, 0.3) is 5.91 Å². The van der Waals surface area contributed by atoms with E-state index in [1.54, 1.807) is 18.3 Å². The van der Waals surface area contributed by atoms with Gasteiger partial charge in [-0.25, -0.2) is 4.79 Å². The van der Waals surface area contributed by atoms with Crippen LogP contribution < -0.4 is 10.1 Å². The first-order valence-corrected chi connectivity index (χ1v) is 9.71. The summed E-state index contributed by atoms with van der Waals surface area (Å²) in [5, 5.41) is 16.1. The number of carboxylic acids is 1. The molecule has 3 rings (SSSR count). The van der Waals surface area contributed by atoms with Gasteiger partial charge in [0.05, 0.1) is 17.5 Å². The topological polar surface area (TPSA) is 93.5 Å². The number of hydrogen-bond donors (Lipinski definition) is 2. The highest BCUT2D eigenvalue weighted by Gasteiger charge is 2.32. The molecular weight excluding hydrogens is 358 g/mol. The van der Waals surface area contributed by atoms with Gasteiger partial charge in [0.1, 0.15) is 5.75 Å². The van der Waals surface area contributed by atoms with Crippen molar-refractivity contribution >= 4 is 11.9 Å². The largest absolute Gasteiger partial charge is 0.482 e. The van der Waals surface area contributed by atoms with Crippen molar-refractivity contribution < 1.29 is 19.4 Å². The molecule has 0 atom stereocenters. The van der Waals surface area contributed by atoms with Crippen molar-refractivity contribution in [2.45, 2.75) is 45.6 Å². The molecule has 7 nitrogen and oxygen atoms in total. The van der Waals surface area contributed by atoms with Crippen molar-refractivity contribution in [3.63, 3.8) is 0 Å². The predicted molar refractivity (Wildman–Crippen MR) is 105 cm³/mol. The summed E-state index contributed by atoms with van der Waals surface area (Å²) in [6.07, 6.45) is 4.63. The number of amides is 1. The molecule has 1 amide bonds. The molecule has 1 aliphatic rings. The van der Waals surface area contributed by atoms with Gasteiger partial charge in [0.15, 0.2) is 6.61 Å². The Bertz CT molecular complexity index is 823. The smallest absolute Gasteiger partial charge is 0.341 e. The van der Waals surface area contributed by atoms with Gasteiger partial charge in [0, 0.05) is 19.0 Å². The molecule has 0 radical (unpaired) electrons. The van der Waals surface area contributed by atoms with Crippen molar-refractivity contribution in [2.75, 3.05) is 13.2 Å². The molecule has 0 unspecified atom stereocenters. The molecule has 1 aromatic carbocycles. The Morgan fingerprint density at radius 1 is 1.29 bits per heavy atom. The van der Waals surface area contributed by atoms with Crippen molar-refractivity contribution in [1.82, 2.24) is 15.1 Å². The molecule has 1 heterocycles. The molecule has 7 heteroatoms. The second-order valence-corrected chi connectivity index (χ2v) is 7.63. The van der Waals surface area contributed by atoms with E-state index in [4.69, 9.17) is 9.84 Å². The molecule has 28 heavy (non-hydrogen) atoms. The van der Waals surface area contributed by atoms with Crippen LogP contribution in [-0.4, -0.2) is 39.9 Å². The highest BCUT2D eigenvalue weighted by Crippen LogP contribution is 2.41. The van der Waals surface area contributed by atoms with Gasteiger partial charge in [-0.3, -0.25) is 9.48 Å². The van der Waals surface area contributed by atoms with Gasteiger partial charge in [-0.05, 0) is 42.9 Å². The lowest BCUT2D eigenvalue weighted by atomic mass is 10.1. The fourth-order valence-electron chi connectivity index (χ4n) is 3.16. The summed E-state index contributed by atoms with van der Waals surface area (Å²) in [6, 6.07) is 7.22. The number of benzene rings is 1.